The molecule has 1 saturated carbocycles. The van der Waals surface area contributed by atoms with Crippen LogP contribution in [0.15, 0.2) is 6.33 Å². The molecular formula is C11H13FN2O2. The van der Waals surface area contributed by atoms with Gasteiger partial charge in [-0.15, -0.1) is 0 Å². The maximum absolute atomic E-state index is 13.9. The second-order valence-electron chi connectivity index (χ2n) is 3.89. The van der Waals surface area contributed by atoms with E-state index in [0.29, 0.717) is 5.69 Å². The van der Waals surface area contributed by atoms with Gasteiger partial charge in [0.1, 0.15) is 6.33 Å². The smallest absolute Gasteiger partial charge is 0.359 e. The number of rotatable bonds is 2. The molecule has 16 heavy (non-hydrogen) atoms. The second-order valence-corrected chi connectivity index (χ2v) is 3.89. The van der Waals surface area contributed by atoms with Crippen molar-refractivity contribution in [2.45, 2.75) is 31.6 Å². The lowest BCUT2D eigenvalue weighted by Gasteiger charge is -2.10. The van der Waals surface area contributed by atoms with Crippen LogP contribution in [0.5, 0.6) is 0 Å². The molecule has 0 bridgehead atoms. The number of hydrogen-bond donors (Lipinski definition) is 0. The molecule has 0 radical (unpaired) electrons. The van der Waals surface area contributed by atoms with Gasteiger partial charge in [0.15, 0.2) is 11.5 Å². The van der Waals surface area contributed by atoms with Gasteiger partial charge >= 0.3 is 5.97 Å². The zero-order valence-corrected chi connectivity index (χ0v) is 9.07. The minimum absolute atomic E-state index is 0.117. The first kappa shape index (κ1) is 11.0. The number of aromatic nitrogens is 2. The summed E-state index contributed by atoms with van der Waals surface area (Å²) in [5, 5.41) is 0. The Kier molecular flexibility index (Phi) is 3.12. The summed E-state index contributed by atoms with van der Waals surface area (Å²) in [5.74, 6) is -1.26. The molecule has 0 aromatic carbocycles. The van der Waals surface area contributed by atoms with Gasteiger partial charge in [0.05, 0.1) is 12.8 Å². The largest absolute Gasteiger partial charge is 0.464 e. The third-order valence-electron chi connectivity index (χ3n) is 2.94. The van der Waals surface area contributed by atoms with Crippen LogP contribution in [0, 0.1) is 5.82 Å². The quantitative estimate of drug-likeness (QED) is 0.721. The van der Waals surface area contributed by atoms with Crippen molar-refractivity contribution < 1.29 is 13.9 Å². The summed E-state index contributed by atoms with van der Waals surface area (Å²) < 4.78 is 18.4. The maximum atomic E-state index is 13.9. The van der Waals surface area contributed by atoms with Crippen LogP contribution in [-0.4, -0.2) is 23.0 Å². The Bertz CT molecular complexity index is 403. The maximum Gasteiger partial charge on any atom is 0.359 e. The first-order valence-corrected chi connectivity index (χ1v) is 5.32. The summed E-state index contributed by atoms with van der Waals surface area (Å²) >= 11 is 0. The summed E-state index contributed by atoms with van der Waals surface area (Å²) in [5.41, 5.74) is 0.0901. The van der Waals surface area contributed by atoms with Gasteiger partial charge in [-0.3, -0.25) is 0 Å². The minimum atomic E-state index is -0.751. The van der Waals surface area contributed by atoms with Crippen molar-refractivity contribution in [3.05, 3.63) is 23.5 Å². The van der Waals surface area contributed by atoms with E-state index in [0.717, 1.165) is 25.7 Å². The summed E-state index contributed by atoms with van der Waals surface area (Å²) in [7, 11) is 1.21. The standard InChI is InChI=1S/C11H13FN2O2/c1-16-11(15)10-8(12)9(13-6-14-10)7-4-2-3-5-7/h6-7H,2-5H2,1H3. The summed E-state index contributed by atoms with van der Waals surface area (Å²) in [6, 6.07) is 0. The van der Waals surface area contributed by atoms with E-state index in [1.54, 1.807) is 0 Å². The van der Waals surface area contributed by atoms with Gasteiger partial charge in [0, 0.05) is 5.92 Å². The van der Waals surface area contributed by atoms with Crippen molar-refractivity contribution in [3.8, 4) is 0 Å². The van der Waals surface area contributed by atoms with E-state index in [1.807, 2.05) is 0 Å². The fraction of sp³-hybridized carbons (Fsp3) is 0.545. The van der Waals surface area contributed by atoms with Crippen LogP contribution in [0.2, 0.25) is 0 Å². The number of halogens is 1. The third kappa shape index (κ3) is 1.89. The molecule has 4 nitrogen and oxygen atoms in total. The van der Waals surface area contributed by atoms with Crippen LogP contribution < -0.4 is 0 Å². The highest BCUT2D eigenvalue weighted by Crippen LogP contribution is 2.34. The molecule has 1 aromatic rings. The lowest BCUT2D eigenvalue weighted by molar-refractivity contribution is 0.0587. The summed E-state index contributed by atoms with van der Waals surface area (Å²) in [4.78, 5) is 18.8. The molecule has 0 N–H and O–H groups in total. The van der Waals surface area contributed by atoms with Crippen molar-refractivity contribution in [1.82, 2.24) is 9.97 Å². The fourth-order valence-corrected chi connectivity index (χ4v) is 2.11. The monoisotopic (exact) mass is 224 g/mol. The predicted molar refractivity (Wildman–Crippen MR) is 54.5 cm³/mol. The molecule has 1 aliphatic rings. The average Bonchev–Trinajstić information content (AvgIpc) is 2.82. The average molecular weight is 224 g/mol. The van der Waals surface area contributed by atoms with Gasteiger partial charge in [-0.25, -0.2) is 19.2 Å². The molecule has 0 spiro atoms. The van der Waals surface area contributed by atoms with Gasteiger partial charge < -0.3 is 4.74 Å². The Morgan fingerprint density at radius 2 is 2.12 bits per heavy atom. The highest BCUT2D eigenvalue weighted by Gasteiger charge is 2.26. The molecule has 0 unspecified atom stereocenters. The van der Waals surface area contributed by atoms with E-state index >= 15 is 0 Å². The molecule has 0 saturated heterocycles. The van der Waals surface area contributed by atoms with E-state index in [1.165, 1.54) is 13.4 Å². The van der Waals surface area contributed by atoms with Crippen molar-refractivity contribution in [2.75, 3.05) is 7.11 Å². The number of hydrogen-bond acceptors (Lipinski definition) is 4. The topological polar surface area (TPSA) is 52.1 Å². The highest BCUT2D eigenvalue weighted by molar-refractivity contribution is 5.87. The molecule has 1 aromatic heterocycles. The Morgan fingerprint density at radius 1 is 1.44 bits per heavy atom. The summed E-state index contributed by atoms with van der Waals surface area (Å²) in [6.45, 7) is 0. The SMILES string of the molecule is COC(=O)c1ncnc(C2CCCC2)c1F. The molecule has 1 aliphatic carbocycles. The van der Waals surface area contributed by atoms with Crippen LogP contribution in [0.4, 0.5) is 4.39 Å². The number of nitrogens with zero attached hydrogens (tertiary/aromatic N) is 2. The van der Waals surface area contributed by atoms with Crippen molar-refractivity contribution in [1.29, 1.82) is 0 Å². The summed E-state index contributed by atoms with van der Waals surface area (Å²) in [6.07, 6.45) is 5.25. The van der Waals surface area contributed by atoms with Crippen molar-refractivity contribution >= 4 is 5.97 Å². The van der Waals surface area contributed by atoms with E-state index in [4.69, 9.17) is 0 Å². The fourth-order valence-electron chi connectivity index (χ4n) is 2.11. The van der Waals surface area contributed by atoms with Gasteiger partial charge in [0.25, 0.3) is 0 Å². The highest BCUT2D eigenvalue weighted by atomic mass is 19.1. The second kappa shape index (κ2) is 4.55. The number of methoxy groups -OCH3 is 1. The van der Waals surface area contributed by atoms with Gasteiger partial charge in [0.2, 0.25) is 0 Å². The zero-order chi connectivity index (χ0) is 11.5. The van der Waals surface area contributed by atoms with E-state index in [2.05, 4.69) is 14.7 Å². The van der Waals surface area contributed by atoms with Crippen LogP contribution >= 0.6 is 0 Å². The molecular weight excluding hydrogens is 211 g/mol. The first-order valence-electron chi connectivity index (χ1n) is 5.32. The van der Waals surface area contributed by atoms with Crippen molar-refractivity contribution in [3.63, 3.8) is 0 Å². The number of ether oxygens (including phenoxy) is 1. The minimum Gasteiger partial charge on any atom is -0.464 e. The molecule has 5 heteroatoms. The van der Waals surface area contributed by atoms with Gasteiger partial charge in [-0.05, 0) is 12.8 Å². The Morgan fingerprint density at radius 3 is 2.75 bits per heavy atom. The lowest BCUT2D eigenvalue weighted by Crippen LogP contribution is -2.12. The zero-order valence-electron chi connectivity index (χ0n) is 9.07. The molecule has 0 atom stereocenters. The number of carbonyl (C=O) groups is 1. The van der Waals surface area contributed by atoms with Crippen LogP contribution in [0.1, 0.15) is 47.8 Å². The molecule has 1 heterocycles. The Balaban J connectivity index is 2.35. The number of carbonyl (C=O) groups excluding carboxylic acids is 1. The van der Waals surface area contributed by atoms with Gasteiger partial charge in [-0.1, -0.05) is 12.8 Å². The van der Waals surface area contributed by atoms with E-state index < -0.39 is 11.8 Å². The molecule has 1 fully saturated rings. The molecule has 2 rings (SSSR count). The normalized spacial score (nSPS) is 16.4. The predicted octanol–water partition coefficient (Wildman–Crippen LogP) is 2.06. The van der Waals surface area contributed by atoms with Crippen LogP contribution in [0.25, 0.3) is 0 Å². The Hall–Kier alpha value is -1.52. The van der Waals surface area contributed by atoms with E-state index in [9.17, 15) is 9.18 Å². The molecule has 0 aliphatic heterocycles. The Labute approximate surface area is 92.9 Å². The van der Waals surface area contributed by atoms with Crippen LogP contribution in [-0.2, 0) is 4.74 Å². The third-order valence-corrected chi connectivity index (χ3v) is 2.94. The lowest BCUT2D eigenvalue weighted by atomic mass is 10.0. The van der Waals surface area contributed by atoms with E-state index in [-0.39, 0.29) is 11.6 Å². The van der Waals surface area contributed by atoms with Crippen molar-refractivity contribution in [2.24, 2.45) is 0 Å². The van der Waals surface area contributed by atoms with Crippen LogP contribution in [0.3, 0.4) is 0 Å². The molecule has 86 valence electrons. The molecule has 0 amide bonds. The first-order chi connectivity index (χ1) is 7.74. The van der Waals surface area contributed by atoms with Gasteiger partial charge in [-0.2, -0.15) is 0 Å². The number of esters is 1.